The third kappa shape index (κ3) is 2.98. The summed E-state index contributed by atoms with van der Waals surface area (Å²) in [5.41, 5.74) is -0.293. The summed E-state index contributed by atoms with van der Waals surface area (Å²) in [5.74, 6) is -0.619. The van der Waals surface area contributed by atoms with E-state index >= 15 is 0 Å². The summed E-state index contributed by atoms with van der Waals surface area (Å²) in [7, 11) is -3.75. The van der Waals surface area contributed by atoms with Crippen LogP contribution in [0.3, 0.4) is 0 Å². The summed E-state index contributed by atoms with van der Waals surface area (Å²) < 4.78 is 30.7. The molecule has 0 saturated heterocycles. The van der Waals surface area contributed by atoms with Crippen molar-refractivity contribution >= 4 is 28.0 Å². The van der Waals surface area contributed by atoms with Crippen molar-refractivity contribution in [2.45, 2.75) is 31.3 Å². The molecule has 0 aliphatic carbocycles. The first kappa shape index (κ1) is 14.5. The standard InChI is InChI=1S/C13H16N2O4S/c1-13(2,3)19-12(16)8-15-9-14-10-6-4-5-7-11(10)20(15,17)18/h4-7,9H,8H2,1-3H3. The Labute approximate surface area is 118 Å². The van der Waals surface area contributed by atoms with Crippen LogP contribution in [0.1, 0.15) is 20.8 Å². The van der Waals surface area contributed by atoms with E-state index in [2.05, 4.69) is 4.99 Å². The molecule has 0 aromatic heterocycles. The Bertz CT molecular complexity index is 659. The monoisotopic (exact) mass is 296 g/mol. The maximum Gasteiger partial charge on any atom is 0.327 e. The SMILES string of the molecule is CC(C)(C)OC(=O)CN1C=Nc2ccccc2S1(=O)=O. The van der Waals surface area contributed by atoms with Gasteiger partial charge in [0.1, 0.15) is 23.4 Å². The first-order chi connectivity index (χ1) is 9.20. The van der Waals surface area contributed by atoms with Gasteiger partial charge >= 0.3 is 5.97 Å². The van der Waals surface area contributed by atoms with Crippen LogP contribution in [0.5, 0.6) is 0 Å². The van der Waals surface area contributed by atoms with E-state index in [9.17, 15) is 13.2 Å². The van der Waals surface area contributed by atoms with E-state index < -0.39 is 28.1 Å². The van der Waals surface area contributed by atoms with Crippen LogP contribution >= 0.6 is 0 Å². The lowest BCUT2D eigenvalue weighted by Crippen LogP contribution is -2.39. The lowest BCUT2D eigenvalue weighted by Gasteiger charge is -2.25. The van der Waals surface area contributed by atoms with E-state index in [0.29, 0.717) is 5.69 Å². The molecule has 1 aliphatic heterocycles. The second kappa shape index (κ2) is 4.90. The molecule has 0 fully saturated rings. The first-order valence-corrected chi connectivity index (χ1v) is 7.51. The molecule has 1 aliphatic rings. The van der Waals surface area contributed by atoms with Gasteiger partial charge in [0.25, 0.3) is 10.0 Å². The molecule has 2 rings (SSSR count). The van der Waals surface area contributed by atoms with Crippen molar-refractivity contribution in [1.29, 1.82) is 0 Å². The summed E-state index contributed by atoms with van der Waals surface area (Å²) in [4.78, 5) is 15.9. The molecule has 0 radical (unpaired) electrons. The fourth-order valence-electron chi connectivity index (χ4n) is 1.72. The average Bonchev–Trinajstić information content (AvgIpc) is 2.31. The Kier molecular flexibility index (Phi) is 3.56. The number of hydrogen-bond acceptors (Lipinski definition) is 5. The van der Waals surface area contributed by atoms with Crippen LogP contribution in [0.25, 0.3) is 0 Å². The molecule has 0 N–H and O–H groups in total. The second-order valence-corrected chi connectivity index (χ2v) is 7.21. The molecular formula is C13H16N2O4S. The zero-order valence-corrected chi connectivity index (χ0v) is 12.3. The Morgan fingerprint density at radius 3 is 2.60 bits per heavy atom. The minimum atomic E-state index is -3.75. The number of esters is 1. The number of benzene rings is 1. The van der Waals surface area contributed by atoms with Gasteiger partial charge in [0.15, 0.2) is 0 Å². The van der Waals surface area contributed by atoms with Gasteiger partial charge in [-0.05, 0) is 32.9 Å². The van der Waals surface area contributed by atoms with Gasteiger partial charge in [-0.15, -0.1) is 0 Å². The number of fused-ring (bicyclic) bond motifs is 1. The molecule has 7 heteroatoms. The number of sulfonamides is 1. The fraction of sp³-hybridized carbons (Fsp3) is 0.385. The quantitative estimate of drug-likeness (QED) is 0.778. The molecule has 1 aromatic rings. The number of carbonyl (C=O) groups excluding carboxylic acids is 1. The molecule has 108 valence electrons. The third-order valence-electron chi connectivity index (χ3n) is 2.48. The number of aliphatic imine (C=N–C) groups is 1. The van der Waals surface area contributed by atoms with Crippen molar-refractivity contribution in [1.82, 2.24) is 4.31 Å². The van der Waals surface area contributed by atoms with Gasteiger partial charge < -0.3 is 4.74 Å². The summed E-state index contributed by atoms with van der Waals surface area (Å²) in [5, 5.41) is 0. The Morgan fingerprint density at radius 2 is 1.95 bits per heavy atom. The lowest BCUT2D eigenvalue weighted by molar-refractivity contribution is -0.154. The molecule has 0 unspecified atom stereocenters. The molecule has 6 nitrogen and oxygen atoms in total. The van der Waals surface area contributed by atoms with Gasteiger partial charge in [0.2, 0.25) is 0 Å². The van der Waals surface area contributed by atoms with E-state index in [1.165, 1.54) is 6.07 Å². The van der Waals surface area contributed by atoms with Crippen LogP contribution in [-0.2, 0) is 19.6 Å². The van der Waals surface area contributed by atoms with Gasteiger partial charge in [0.05, 0.1) is 5.69 Å². The number of nitrogens with zero attached hydrogens (tertiary/aromatic N) is 2. The predicted molar refractivity (Wildman–Crippen MR) is 74.3 cm³/mol. The van der Waals surface area contributed by atoms with E-state index in [-0.39, 0.29) is 4.90 Å². The fourth-order valence-corrected chi connectivity index (χ4v) is 3.06. The smallest absolute Gasteiger partial charge is 0.327 e. The van der Waals surface area contributed by atoms with Crippen molar-refractivity contribution in [2.75, 3.05) is 6.54 Å². The van der Waals surface area contributed by atoms with Crippen LogP contribution in [0.2, 0.25) is 0 Å². The summed E-state index contributed by atoms with van der Waals surface area (Å²) in [6.07, 6.45) is 1.14. The van der Waals surface area contributed by atoms with Crippen LogP contribution < -0.4 is 0 Å². The van der Waals surface area contributed by atoms with Crippen LogP contribution in [0.15, 0.2) is 34.2 Å². The largest absolute Gasteiger partial charge is 0.459 e. The van der Waals surface area contributed by atoms with E-state index in [1.54, 1.807) is 39.0 Å². The van der Waals surface area contributed by atoms with Gasteiger partial charge in [-0.3, -0.25) is 4.79 Å². The zero-order chi connectivity index (χ0) is 15.0. The lowest BCUT2D eigenvalue weighted by atomic mass is 10.2. The molecular weight excluding hydrogens is 280 g/mol. The van der Waals surface area contributed by atoms with E-state index in [1.807, 2.05) is 0 Å². The van der Waals surface area contributed by atoms with Gasteiger partial charge in [-0.2, -0.15) is 0 Å². The highest BCUT2D eigenvalue weighted by Gasteiger charge is 2.31. The Balaban J connectivity index is 2.23. The Morgan fingerprint density at radius 1 is 1.30 bits per heavy atom. The average molecular weight is 296 g/mol. The van der Waals surface area contributed by atoms with Crippen molar-refractivity contribution in [3.63, 3.8) is 0 Å². The molecule has 20 heavy (non-hydrogen) atoms. The number of para-hydroxylation sites is 1. The minimum absolute atomic E-state index is 0.0889. The highest BCUT2D eigenvalue weighted by Crippen LogP contribution is 2.29. The number of hydrogen-bond donors (Lipinski definition) is 0. The zero-order valence-electron chi connectivity index (χ0n) is 11.5. The Hall–Kier alpha value is -1.89. The van der Waals surface area contributed by atoms with Crippen molar-refractivity contribution in [3.8, 4) is 0 Å². The second-order valence-electron chi connectivity index (χ2n) is 5.35. The minimum Gasteiger partial charge on any atom is -0.459 e. The normalized spacial score (nSPS) is 16.6. The van der Waals surface area contributed by atoms with Crippen LogP contribution in [-0.4, -0.2) is 37.2 Å². The number of rotatable bonds is 2. The molecule has 0 spiro atoms. The molecule has 0 bridgehead atoms. The van der Waals surface area contributed by atoms with Crippen LogP contribution in [0.4, 0.5) is 5.69 Å². The van der Waals surface area contributed by atoms with Crippen LogP contribution in [0, 0.1) is 0 Å². The topological polar surface area (TPSA) is 76.0 Å². The highest BCUT2D eigenvalue weighted by atomic mass is 32.2. The van der Waals surface area contributed by atoms with Crippen molar-refractivity contribution in [3.05, 3.63) is 24.3 Å². The maximum absolute atomic E-state index is 12.3. The highest BCUT2D eigenvalue weighted by molar-refractivity contribution is 7.89. The third-order valence-corrected chi connectivity index (χ3v) is 4.22. The predicted octanol–water partition coefficient (Wildman–Crippen LogP) is 1.69. The number of ether oxygens (including phenoxy) is 1. The molecule has 0 saturated carbocycles. The van der Waals surface area contributed by atoms with E-state index in [0.717, 1.165) is 10.6 Å². The molecule has 1 heterocycles. The maximum atomic E-state index is 12.3. The van der Waals surface area contributed by atoms with Gasteiger partial charge in [-0.25, -0.2) is 17.7 Å². The summed E-state index contributed by atoms with van der Waals surface area (Å²) >= 11 is 0. The number of carbonyl (C=O) groups is 1. The van der Waals surface area contributed by atoms with E-state index in [4.69, 9.17) is 4.74 Å². The van der Waals surface area contributed by atoms with Gasteiger partial charge in [0, 0.05) is 0 Å². The molecule has 0 amide bonds. The first-order valence-electron chi connectivity index (χ1n) is 6.07. The molecule has 0 atom stereocenters. The van der Waals surface area contributed by atoms with Crippen molar-refractivity contribution < 1.29 is 17.9 Å². The molecule has 1 aromatic carbocycles. The summed E-state index contributed by atoms with van der Waals surface area (Å²) in [6.45, 7) is 4.77. The summed E-state index contributed by atoms with van der Waals surface area (Å²) in [6, 6.07) is 6.38. The van der Waals surface area contributed by atoms with Gasteiger partial charge in [-0.1, -0.05) is 12.1 Å². The van der Waals surface area contributed by atoms with Crippen molar-refractivity contribution in [2.24, 2.45) is 4.99 Å².